The van der Waals surface area contributed by atoms with E-state index in [2.05, 4.69) is 10.3 Å². The van der Waals surface area contributed by atoms with Gasteiger partial charge in [0.15, 0.2) is 0 Å². The number of rotatable bonds is 4. The second-order valence-electron chi connectivity index (χ2n) is 4.91. The molecule has 0 unspecified atom stereocenters. The molecule has 0 atom stereocenters. The fraction of sp³-hybridized carbons (Fsp3) is 0.267. The van der Waals surface area contributed by atoms with Crippen molar-refractivity contribution in [1.82, 2.24) is 14.9 Å². The zero-order valence-corrected chi connectivity index (χ0v) is 12.2. The highest BCUT2D eigenvalue weighted by Crippen LogP contribution is 2.29. The van der Waals surface area contributed by atoms with Gasteiger partial charge in [-0.3, -0.25) is 14.2 Å². The van der Waals surface area contributed by atoms with Gasteiger partial charge >= 0.3 is 6.18 Å². The van der Waals surface area contributed by atoms with Crippen LogP contribution in [0.4, 0.5) is 13.2 Å². The molecule has 122 valence electrons. The molecule has 1 heterocycles. The molecular weight excluding hydrogens is 311 g/mol. The van der Waals surface area contributed by atoms with Crippen LogP contribution in [0.25, 0.3) is 0 Å². The Balaban J connectivity index is 2.00. The first-order chi connectivity index (χ1) is 10.8. The molecule has 0 spiro atoms. The van der Waals surface area contributed by atoms with Gasteiger partial charge in [-0.15, -0.1) is 0 Å². The minimum atomic E-state index is -4.50. The summed E-state index contributed by atoms with van der Waals surface area (Å²) in [6.45, 7) is 1.89. The van der Waals surface area contributed by atoms with Crippen molar-refractivity contribution in [2.45, 2.75) is 19.6 Å². The van der Waals surface area contributed by atoms with Crippen LogP contribution >= 0.6 is 0 Å². The second kappa shape index (κ2) is 6.64. The molecule has 2 aromatic rings. The third-order valence-corrected chi connectivity index (χ3v) is 3.16. The van der Waals surface area contributed by atoms with E-state index < -0.39 is 17.6 Å². The summed E-state index contributed by atoms with van der Waals surface area (Å²) in [5.74, 6) is -0.634. The van der Waals surface area contributed by atoms with E-state index >= 15 is 0 Å². The lowest BCUT2D eigenvalue weighted by molar-refractivity contribution is -0.137. The number of aromatic nitrogens is 2. The first-order valence-electron chi connectivity index (χ1n) is 6.75. The van der Waals surface area contributed by atoms with Gasteiger partial charge in [-0.1, -0.05) is 6.07 Å². The molecule has 23 heavy (non-hydrogen) atoms. The number of hydrogen-bond acceptors (Lipinski definition) is 3. The summed E-state index contributed by atoms with van der Waals surface area (Å²) >= 11 is 0. The average molecular weight is 325 g/mol. The molecule has 0 aliphatic carbocycles. The van der Waals surface area contributed by atoms with Gasteiger partial charge < -0.3 is 5.32 Å². The molecular formula is C15H14F3N3O2. The highest BCUT2D eigenvalue weighted by atomic mass is 19.4. The lowest BCUT2D eigenvalue weighted by Crippen LogP contribution is -2.31. The molecule has 2 rings (SSSR count). The Labute approximate surface area is 129 Å². The van der Waals surface area contributed by atoms with Gasteiger partial charge in [0, 0.05) is 30.4 Å². The molecule has 0 aliphatic heterocycles. The first kappa shape index (κ1) is 16.7. The Morgan fingerprint density at radius 2 is 2.09 bits per heavy atom. The SMILES string of the molecule is Cc1cncn(CCNC(=O)c2cccc(C(F)(F)F)c2)c1=O. The highest BCUT2D eigenvalue weighted by Gasteiger charge is 2.30. The van der Waals surface area contributed by atoms with Gasteiger partial charge in [-0.25, -0.2) is 4.98 Å². The summed E-state index contributed by atoms with van der Waals surface area (Å²) in [5.41, 5.74) is -0.733. The molecule has 0 saturated heterocycles. The maximum atomic E-state index is 12.6. The van der Waals surface area contributed by atoms with Crippen LogP contribution < -0.4 is 10.9 Å². The number of carbonyl (C=O) groups is 1. The molecule has 8 heteroatoms. The number of alkyl halides is 3. The van der Waals surface area contributed by atoms with Crippen molar-refractivity contribution in [3.63, 3.8) is 0 Å². The van der Waals surface area contributed by atoms with E-state index in [0.29, 0.717) is 5.56 Å². The van der Waals surface area contributed by atoms with Crippen molar-refractivity contribution < 1.29 is 18.0 Å². The van der Waals surface area contributed by atoms with Crippen LogP contribution in [0.3, 0.4) is 0 Å². The highest BCUT2D eigenvalue weighted by molar-refractivity contribution is 5.94. The van der Waals surface area contributed by atoms with Crippen molar-refractivity contribution in [1.29, 1.82) is 0 Å². The summed E-state index contributed by atoms with van der Waals surface area (Å²) in [4.78, 5) is 27.5. The van der Waals surface area contributed by atoms with Gasteiger partial charge in [0.2, 0.25) is 0 Å². The summed E-state index contributed by atoms with van der Waals surface area (Å²) in [6.07, 6.45) is -1.73. The predicted octanol–water partition coefficient (Wildman–Crippen LogP) is 2.00. The summed E-state index contributed by atoms with van der Waals surface area (Å²) in [5, 5.41) is 2.48. The maximum Gasteiger partial charge on any atom is 0.416 e. The van der Waals surface area contributed by atoms with Crippen molar-refractivity contribution in [2.75, 3.05) is 6.54 Å². The Morgan fingerprint density at radius 1 is 1.35 bits per heavy atom. The quantitative estimate of drug-likeness (QED) is 0.935. The summed E-state index contributed by atoms with van der Waals surface area (Å²) < 4.78 is 39.2. The van der Waals surface area contributed by atoms with Gasteiger partial charge in [-0.2, -0.15) is 13.2 Å². The minimum Gasteiger partial charge on any atom is -0.350 e. The molecule has 5 nitrogen and oxygen atoms in total. The van der Waals surface area contributed by atoms with Crippen molar-refractivity contribution in [2.24, 2.45) is 0 Å². The van der Waals surface area contributed by atoms with Crippen LogP contribution in [0.1, 0.15) is 21.5 Å². The van der Waals surface area contributed by atoms with E-state index in [1.807, 2.05) is 0 Å². The minimum absolute atomic E-state index is 0.0884. The zero-order valence-electron chi connectivity index (χ0n) is 12.2. The second-order valence-corrected chi connectivity index (χ2v) is 4.91. The van der Waals surface area contributed by atoms with E-state index in [1.54, 1.807) is 6.92 Å². The standard InChI is InChI=1S/C15H14F3N3O2/c1-10-8-19-9-21(14(10)23)6-5-20-13(22)11-3-2-4-12(7-11)15(16,17)18/h2-4,7-9H,5-6H2,1H3,(H,20,22). The van der Waals surface area contributed by atoms with Crippen molar-refractivity contribution in [3.8, 4) is 0 Å². The predicted molar refractivity (Wildman–Crippen MR) is 77.0 cm³/mol. The number of aryl methyl sites for hydroxylation is 1. The lowest BCUT2D eigenvalue weighted by Gasteiger charge is -2.10. The first-order valence-corrected chi connectivity index (χ1v) is 6.75. The Morgan fingerprint density at radius 3 is 2.78 bits per heavy atom. The topological polar surface area (TPSA) is 64.0 Å². The molecule has 1 aromatic heterocycles. The zero-order chi connectivity index (χ0) is 17.0. The Hall–Kier alpha value is -2.64. The van der Waals surface area contributed by atoms with Crippen molar-refractivity contribution in [3.05, 3.63) is 63.8 Å². The molecule has 1 amide bonds. The monoisotopic (exact) mass is 325 g/mol. The molecule has 0 saturated carbocycles. The number of halogens is 3. The number of hydrogen-bond donors (Lipinski definition) is 1. The van der Waals surface area contributed by atoms with E-state index in [0.717, 1.165) is 12.1 Å². The normalized spacial score (nSPS) is 11.3. The van der Waals surface area contributed by atoms with Gasteiger partial charge in [0.25, 0.3) is 11.5 Å². The van der Waals surface area contributed by atoms with Gasteiger partial charge in [-0.05, 0) is 25.1 Å². The van der Waals surface area contributed by atoms with Crippen LogP contribution in [-0.2, 0) is 12.7 Å². The summed E-state index contributed by atoms with van der Waals surface area (Å²) in [7, 11) is 0. The largest absolute Gasteiger partial charge is 0.416 e. The molecule has 1 aromatic carbocycles. The number of nitrogens with zero attached hydrogens (tertiary/aromatic N) is 2. The molecule has 0 fully saturated rings. The molecule has 0 radical (unpaired) electrons. The van der Waals surface area contributed by atoms with Crippen molar-refractivity contribution >= 4 is 5.91 Å². The third-order valence-electron chi connectivity index (χ3n) is 3.16. The van der Waals surface area contributed by atoms with E-state index in [-0.39, 0.29) is 24.2 Å². The number of nitrogens with one attached hydrogen (secondary N) is 1. The average Bonchev–Trinajstić information content (AvgIpc) is 2.50. The Kier molecular flexibility index (Phi) is 4.83. The third kappa shape index (κ3) is 4.18. The van der Waals surface area contributed by atoms with E-state index in [4.69, 9.17) is 0 Å². The molecule has 0 aliphatic rings. The number of benzene rings is 1. The van der Waals surface area contributed by atoms with E-state index in [9.17, 15) is 22.8 Å². The van der Waals surface area contributed by atoms with Crippen LogP contribution in [0, 0.1) is 6.92 Å². The fourth-order valence-electron chi connectivity index (χ4n) is 1.95. The number of carbonyl (C=O) groups excluding carboxylic acids is 1. The molecule has 1 N–H and O–H groups in total. The van der Waals surface area contributed by atoms with Crippen LogP contribution in [0.15, 0.2) is 41.6 Å². The lowest BCUT2D eigenvalue weighted by atomic mass is 10.1. The van der Waals surface area contributed by atoms with Gasteiger partial charge in [0.1, 0.15) is 0 Å². The maximum absolute atomic E-state index is 12.6. The molecule has 0 bridgehead atoms. The van der Waals surface area contributed by atoms with Crippen LogP contribution in [0.5, 0.6) is 0 Å². The van der Waals surface area contributed by atoms with Crippen LogP contribution in [0.2, 0.25) is 0 Å². The number of amides is 1. The van der Waals surface area contributed by atoms with Gasteiger partial charge in [0.05, 0.1) is 11.9 Å². The fourth-order valence-corrected chi connectivity index (χ4v) is 1.95. The van der Waals surface area contributed by atoms with E-state index in [1.165, 1.54) is 29.2 Å². The Bertz CT molecular complexity index is 769. The smallest absolute Gasteiger partial charge is 0.350 e. The summed E-state index contributed by atoms with van der Waals surface area (Å²) in [6, 6.07) is 4.15. The van der Waals surface area contributed by atoms with Crippen LogP contribution in [-0.4, -0.2) is 22.0 Å².